The predicted octanol–water partition coefficient (Wildman–Crippen LogP) is 3.94. The SMILES string of the molecule is Fc1cc(Br)nc(C(F)(F)F)c1C(F)F. The van der Waals surface area contributed by atoms with Crippen molar-refractivity contribution in [2.45, 2.75) is 12.6 Å². The molecule has 0 atom stereocenters. The molecule has 8 heteroatoms. The van der Waals surface area contributed by atoms with E-state index in [0.717, 1.165) is 0 Å². The zero-order valence-corrected chi connectivity index (χ0v) is 8.33. The first-order valence-electron chi connectivity index (χ1n) is 3.44. The molecule has 0 amide bonds. The van der Waals surface area contributed by atoms with Crippen LogP contribution in [0.5, 0.6) is 0 Å². The van der Waals surface area contributed by atoms with Gasteiger partial charge >= 0.3 is 6.18 Å². The highest BCUT2D eigenvalue weighted by Crippen LogP contribution is 2.37. The first kappa shape index (κ1) is 12.3. The molecule has 0 N–H and O–H groups in total. The van der Waals surface area contributed by atoms with Crippen molar-refractivity contribution in [2.24, 2.45) is 0 Å². The number of halogens is 7. The van der Waals surface area contributed by atoms with Crippen LogP contribution < -0.4 is 0 Å². The van der Waals surface area contributed by atoms with E-state index < -0.39 is 34.3 Å². The Morgan fingerprint density at radius 1 is 1.27 bits per heavy atom. The average molecular weight is 294 g/mol. The van der Waals surface area contributed by atoms with Gasteiger partial charge in [-0.1, -0.05) is 0 Å². The second-order valence-electron chi connectivity index (χ2n) is 2.49. The summed E-state index contributed by atoms with van der Waals surface area (Å²) >= 11 is 2.49. The predicted molar refractivity (Wildman–Crippen MR) is 41.9 cm³/mol. The lowest BCUT2D eigenvalue weighted by molar-refractivity contribution is -0.143. The van der Waals surface area contributed by atoms with E-state index in [2.05, 4.69) is 20.9 Å². The molecule has 0 aromatic carbocycles. The first-order chi connectivity index (χ1) is 6.73. The number of nitrogens with zero attached hydrogens (tertiary/aromatic N) is 1. The van der Waals surface area contributed by atoms with Crippen LogP contribution in [0.25, 0.3) is 0 Å². The van der Waals surface area contributed by atoms with E-state index in [4.69, 9.17) is 0 Å². The number of alkyl halides is 5. The summed E-state index contributed by atoms with van der Waals surface area (Å²) in [6, 6.07) is 0.455. The number of aromatic nitrogens is 1. The summed E-state index contributed by atoms with van der Waals surface area (Å²) in [6.07, 6.45) is -8.68. The van der Waals surface area contributed by atoms with Crippen molar-refractivity contribution < 1.29 is 26.3 Å². The molecule has 1 aromatic rings. The van der Waals surface area contributed by atoms with Crippen LogP contribution in [-0.4, -0.2) is 4.98 Å². The van der Waals surface area contributed by atoms with Gasteiger partial charge in [-0.15, -0.1) is 0 Å². The topological polar surface area (TPSA) is 12.9 Å². The normalized spacial score (nSPS) is 12.3. The number of hydrogen-bond acceptors (Lipinski definition) is 1. The molecule has 84 valence electrons. The quantitative estimate of drug-likeness (QED) is 0.564. The van der Waals surface area contributed by atoms with Crippen LogP contribution in [-0.2, 0) is 6.18 Å². The Balaban J connectivity index is 3.47. The monoisotopic (exact) mass is 293 g/mol. The van der Waals surface area contributed by atoms with Crippen molar-refractivity contribution in [1.82, 2.24) is 4.98 Å². The molecule has 0 spiro atoms. The van der Waals surface area contributed by atoms with Gasteiger partial charge in [0.15, 0.2) is 5.69 Å². The summed E-state index contributed by atoms with van der Waals surface area (Å²) in [5.41, 5.74) is -3.64. The van der Waals surface area contributed by atoms with Crippen molar-refractivity contribution >= 4 is 15.9 Å². The molecule has 0 aliphatic rings. The van der Waals surface area contributed by atoms with Crippen molar-refractivity contribution in [3.63, 3.8) is 0 Å². The molecule has 0 aliphatic carbocycles. The van der Waals surface area contributed by atoms with E-state index in [1.807, 2.05) is 0 Å². The molecule has 0 unspecified atom stereocenters. The standard InChI is InChI=1S/C7H2BrF6N/c8-3-1-2(9)4(6(10)11)5(15-3)7(12,13)14/h1,6H. The fourth-order valence-electron chi connectivity index (χ4n) is 0.918. The maximum atomic E-state index is 12.8. The molecule has 0 bridgehead atoms. The minimum Gasteiger partial charge on any atom is -0.236 e. The van der Waals surface area contributed by atoms with Crippen LogP contribution in [0.15, 0.2) is 10.7 Å². The summed E-state index contributed by atoms with van der Waals surface area (Å²) in [6.45, 7) is 0. The van der Waals surface area contributed by atoms with E-state index in [-0.39, 0.29) is 0 Å². The Hall–Kier alpha value is -0.790. The van der Waals surface area contributed by atoms with Crippen LogP contribution in [0.3, 0.4) is 0 Å². The van der Waals surface area contributed by atoms with Gasteiger partial charge in [0.1, 0.15) is 10.4 Å². The Labute approximate surface area is 88.2 Å². The summed E-state index contributed by atoms with van der Waals surface area (Å²) in [4.78, 5) is 2.80. The first-order valence-corrected chi connectivity index (χ1v) is 4.24. The third-order valence-corrected chi connectivity index (χ3v) is 1.87. The summed E-state index contributed by atoms with van der Waals surface area (Å²) in [5.74, 6) is -1.64. The Morgan fingerprint density at radius 3 is 2.20 bits per heavy atom. The van der Waals surface area contributed by atoms with Crippen molar-refractivity contribution in [1.29, 1.82) is 0 Å². The maximum absolute atomic E-state index is 12.8. The molecular weight excluding hydrogens is 292 g/mol. The highest BCUT2D eigenvalue weighted by molar-refractivity contribution is 9.10. The number of rotatable bonds is 1. The second kappa shape index (κ2) is 3.99. The Kier molecular flexibility index (Phi) is 3.27. The Morgan fingerprint density at radius 2 is 1.80 bits per heavy atom. The van der Waals surface area contributed by atoms with Gasteiger partial charge < -0.3 is 0 Å². The van der Waals surface area contributed by atoms with Crippen LogP contribution in [0.4, 0.5) is 26.3 Å². The molecule has 1 nitrogen and oxygen atoms in total. The average Bonchev–Trinajstić information content (AvgIpc) is 1.99. The van der Waals surface area contributed by atoms with Crippen LogP contribution in [0, 0.1) is 5.82 Å². The number of hydrogen-bond donors (Lipinski definition) is 0. The fourth-order valence-corrected chi connectivity index (χ4v) is 1.30. The molecule has 0 fully saturated rings. The van der Waals surface area contributed by atoms with E-state index in [9.17, 15) is 26.3 Å². The van der Waals surface area contributed by atoms with E-state index in [1.165, 1.54) is 0 Å². The highest BCUT2D eigenvalue weighted by atomic mass is 79.9. The van der Waals surface area contributed by atoms with Crippen LogP contribution >= 0.6 is 15.9 Å². The van der Waals surface area contributed by atoms with Gasteiger partial charge in [0.2, 0.25) is 0 Å². The fraction of sp³-hybridized carbons (Fsp3) is 0.286. The summed E-state index contributed by atoms with van der Waals surface area (Å²) < 4.78 is 73.2. The largest absolute Gasteiger partial charge is 0.433 e. The maximum Gasteiger partial charge on any atom is 0.433 e. The van der Waals surface area contributed by atoms with Crippen molar-refractivity contribution in [3.05, 3.63) is 27.7 Å². The molecular formula is C7H2BrF6N. The van der Waals surface area contributed by atoms with Crippen molar-refractivity contribution in [3.8, 4) is 0 Å². The lowest BCUT2D eigenvalue weighted by atomic mass is 10.2. The van der Waals surface area contributed by atoms with Gasteiger partial charge in [0.25, 0.3) is 6.43 Å². The minimum atomic E-state index is -5.11. The summed E-state index contributed by atoms with van der Waals surface area (Å²) in [7, 11) is 0. The van der Waals surface area contributed by atoms with Crippen molar-refractivity contribution in [2.75, 3.05) is 0 Å². The van der Waals surface area contributed by atoms with Gasteiger partial charge in [-0.25, -0.2) is 18.2 Å². The Bertz CT molecular complexity index is 374. The number of pyridine rings is 1. The molecule has 0 aliphatic heterocycles. The molecule has 0 saturated heterocycles. The third-order valence-electron chi connectivity index (χ3n) is 1.46. The smallest absolute Gasteiger partial charge is 0.236 e. The van der Waals surface area contributed by atoms with E-state index in [0.29, 0.717) is 6.07 Å². The van der Waals surface area contributed by atoms with Gasteiger partial charge in [-0.3, -0.25) is 0 Å². The highest BCUT2D eigenvalue weighted by Gasteiger charge is 2.39. The third kappa shape index (κ3) is 2.61. The van der Waals surface area contributed by atoms with E-state index in [1.54, 1.807) is 0 Å². The summed E-state index contributed by atoms with van der Waals surface area (Å²) in [5, 5.41) is 0. The van der Waals surface area contributed by atoms with Crippen LogP contribution in [0.2, 0.25) is 0 Å². The molecule has 1 rings (SSSR count). The molecule has 1 aromatic heterocycles. The van der Waals surface area contributed by atoms with Gasteiger partial charge in [-0.2, -0.15) is 13.2 Å². The molecule has 15 heavy (non-hydrogen) atoms. The zero-order chi connectivity index (χ0) is 11.8. The van der Waals surface area contributed by atoms with Crippen LogP contribution in [0.1, 0.15) is 17.7 Å². The minimum absolute atomic E-state index is 0.455. The lowest BCUT2D eigenvalue weighted by Crippen LogP contribution is -2.14. The van der Waals surface area contributed by atoms with Gasteiger partial charge in [0.05, 0.1) is 5.56 Å². The molecule has 0 saturated carbocycles. The van der Waals surface area contributed by atoms with Gasteiger partial charge in [-0.05, 0) is 15.9 Å². The molecule has 0 radical (unpaired) electrons. The van der Waals surface area contributed by atoms with Gasteiger partial charge in [0, 0.05) is 6.07 Å². The van der Waals surface area contributed by atoms with E-state index >= 15 is 0 Å². The second-order valence-corrected chi connectivity index (χ2v) is 3.30. The lowest BCUT2D eigenvalue weighted by Gasteiger charge is -2.12. The molecule has 1 heterocycles. The zero-order valence-electron chi connectivity index (χ0n) is 6.75.